The molecule has 0 heterocycles. The van der Waals surface area contributed by atoms with Gasteiger partial charge >= 0.3 is 6.09 Å². The topological polar surface area (TPSA) is 29.5 Å². The highest BCUT2D eigenvalue weighted by molar-refractivity contribution is 5.66. The van der Waals surface area contributed by atoms with Gasteiger partial charge in [-0.2, -0.15) is 0 Å². The number of amides is 1. The largest absolute Gasteiger partial charge is 0.446 e. The summed E-state index contributed by atoms with van der Waals surface area (Å²) in [6.45, 7) is 6.35. The van der Waals surface area contributed by atoms with Crippen LogP contribution in [-0.4, -0.2) is 31.2 Å². The van der Waals surface area contributed by atoms with Crippen LogP contribution >= 0.6 is 0 Å². The Kier molecular flexibility index (Phi) is 7.27. The molecule has 0 spiro atoms. The van der Waals surface area contributed by atoms with Crippen molar-refractivity contribution in [2.24, 2.45) is 0 Å². The zero-order chi connectivity index (χ0) is 15.8. The van der Waals surface area contributed by atoms with Gasteiger partial charge in [0.25, 0.3) is 0 Å². The molecular formula is C18H29NO2. The smallest absolute Gasteiger partial charge is 0.409 e. The van der Waals surface area contributed by atoms with Gasteiger partial charge < -0.3 is 9.64 Å². The van der Waals surface area contributed by atoms with Crippen LogP contribution in [-0.2, 0) is 11.2 Å². The van der Waals surface area contributed by atoms with Crippen LogP contribution in [0.2, 0.25) is 0 Å². The predicted octanol–water partition coefficient (Wildman–Crippen LogP) is 4.61. The van der Waals surface area contributed by atoms with E-state index >= 15 is 0 Å². The molecule has 1 rings (SSSR count). The molecule has 0 fully saturated rings. The number of benzene rings is 1. The maximum atomic E-state index is 11.5. The minimum atomic E-state index is -0.274. The second-order valence-corrected chi connectivity index (χ2v) is 6.07. The first-order valence-electron chi connectivity index (χ1n) is 7.90. The quantitative estimate of drug-likeness (QED) is 0.734. The summed E-state index contributed by atoms with van der Waals surface area (Å²) in [4.78, 5) is 13.0. The first-order chi connectivity index (χ1) is 9.93. The summed E-state index contributed by atoms with van der Waals surface area (Å²) in [5.74, 6) is 0.384. The summed E-state index contributed by atoms with van der Waals surface area (Å²) in [7, 11) is 3.40. The van der Waals surface area contributed by atoms with Gasteiger partial charge in [-0.25, -0.2) is 4.79 Å². The number of ether oxygens (including phenoxy) is 1. The van der Waals surface area contributed by atoms with Gasteiger partial charge in [0.15, 0.2) is 0 Å². The number of hydrogen-bond donors (Lipinski definition) is 0. The molecule has 1 amide bonds. The molecule has 0 radical (unpaired) electrons. The Bertz CT molecular complexity index is 425. The Morgan fingerprint density at radius 2 is 1.81 bits per heavy atom. The lowest BCUT2D eigenvalue weighted by molar-refractivity contribution is 0.0762. The minimum absolute atomic E-state index is 0.0744. The molecule has 0 saturated carbocycles. The van der Waals surface area contributed by atoms with Gasteiger partial charge in [-0.3, -0.25) is 0 Å². The number of nitrogens with zero attached hydrogens (tertiary/aromatic N) is 1. The molecule has 1 aromatic carbocycles. The normalized spacial score (nSPS) is 13.6. The predicted molar refractivity (Wildman–Crippen MR) is 87.7 cm³/mol. The third-order valence-electron chi connectivity index (χ3n) is 3.72. The van der Waals surface area contributed by atoms with Gasteiger partial charge in [0.05, 0.1) is 0 Å². The minimum Gasteiger partial charge on any atom is -0.446 e. The molecule has 2 atom stereocenters. The van der Waals surface area contributed by atoms with Gasteiger partial charge in [-0.05, 0) is 43.2 Å². The fourth-order valence-corrected chi connectivity index (χ4v) is 2.35. The van der Waals surface area contributed by atoms with Gasteiger partial charge in [0.2, 0.25) is 0 Å². The van der Waals surface area contributed by atoms with Crippen LogP contribution in [0.1, 0.15) is 57.1 Å². The molecule has 3 nitrogen and oxygen atoms in total. The van der Waals surface area contributed by atoms with Crippen molar-refractivity contribution in [2.45, 2.75) is 58.5 Å². The fourth-order valence-electron chi connectivity index (χ4n) is 2.35. The van der Waals surface area contributed by atoms with Crippen LogP contribution < -0.4 is 0 Å². The Balaban J connectivity index is 2.51. The maximum absolute atomic E-state index is 11.5. The average Bonchev–Trinajstić information content (AvgIpc) is 2.45. The van der Waals surface area contributed by atoms with Crippen molar-refractivity contribution in [3.8, 4) is 0 Å². The van der Waals surface area contributed by atoms with E-state index < -0.39 is 0 Å². The third-order valence-corrected chi connectivity index (χ3v) is 3.72. The highest BCUT2D eigenvalue weighted by Gasteiger charge is 2.15. The summed E-state index contributed by atoms with van der Waals surface area (Å²) in [6, 6.07) is 8.85. The lowest BCUT2D eigenvalue weighted by Crippen LogP contribution is -2.27. The number of carbonyl (C=O) groups excluding carboxylic acids is 1. The fraction of sp³-hybridized carbons (Fsp3) is 0.611. The van der Waals surface area contributed by atoms with Crippen molar-refractivity contribution in [1.82, 2.24) is 4.90 Å². The van der Waals surface area contributed by atoms with E-state index in [2.05, 4.69) is 38.1 Å². The van der Waals surface area contributed by atoms with E-state index in [0.717, 1.165) is 12.8 Å². The highest BCUT2D eigenvalue weighted by Crippen LogP contribution is 2.22. The molecular weight excluding hydrogens is 262 g/mol. The molecule has 0 aliphatic heterocycles. The Labute approximate surface area is 129 Å². The first-order valence-corrected chi connectivity index (χ1v) is 7.90. The summed E-state index contributed by atoms with van der Waals surface area (Å²) in [6.07, 6.45) is 4.12. The number of rotatable bonds is 7. The molecule has 3 heteroatoms. The van der Waals surface area contributed by atoms with E-state index in [9.17, 15) is 4.79 Å². The Hall–Kier alpha value is -1.51. The van der Waals surface area contributed by atoms with Gasteiger partial charge in [-0.1, -0.05) is 44.5 Å². The van der Waals surface area contributed by atoms with Crippen LogP contribution in [0, 0.1) is 0 Å². The van der Waals surface area contributed by atoms with Crippen molar-refractivity contribution >= 4 is 6.09 Å². The van der Waals surface area contributed by atoms with Crippen molar-refractivity contribution in [1.29, 1.82) is 0 Å². The number of unbranched alkanes of at least 4 members (excludes halogenated alkanes) is 1. The lowest BCUT2D eigenvalue weighted by atomic mass is 9.94. The summed E-state index contributed by atoms with van der Waals surface area (Å²) >= 11 is 0. The van der Waals surface area contributed by atoms with Gasteiger partial charge in [-0.15, -0.1) is 0 Å². The van der Waals surface area contributed by atoms with E-state index in [0.29, 0.717) is 5.92 Å². The van der Waals surface area contributed by atoms with Crippen LogP contribution in [0.25, 0.3) is 0 Å². The van der Waals surface area contributed by atoms with E-state index in [4.69, 9.17) is 4.74 Å². The Morgan fingerprint density at radius 1 is 1.19 bits per heavy atom. The molecule has 0 aromatic heterocycles. The van der Waals surface area contributed by atoms with Crippen LogP contribution in [0.15, 0.2) is 24.3 Å². The van der Waals surface area contributed by atoms with Gasteiger partial charge in [0, 0.05) is 14.1 Å². The van der Waals surface area contributed by atoms with Crippen molar-refractivity contribution < 1.29 is 9.53 Å². The zero-order valence-corrected chi connectivity index (χ0v) is 14.1. The SMILES string of the molecule is CCCCc1ccc(C(C)CC(C)OC(=O)N(C)C)cc1. The molecule has 0 N–H and O–H groups in total. The average molecular weight is 291 g/mol. The lowest BCUT2D eigenvalue weighted by Gasteiger charge is -2.20. The van der Waals surface area contributed by atoms with Crippen LogP contribution in [0.5, 0.6) is 0 Å². The zero-order valence-electron chi connectivity index (χ0n) is 14.1. The molecule has 1 aromatic rings. The number of hydrogen-bond acceptors (Lipinski definition) is 2. The van der Waals surface area contributed by atoms with E-state index in [1.54, 1.807) is 14.1 Å². The van der Waals surface area contributed by atoms with Crippen LogP contribution in [0.3, 0.4) is 0 Å². The van der Waals surface area contributed by atoms with E-state index in [-0.39, 0.29) is 12.2 Å². The van der Waals surface area contributed by atoms with Crippen molar-refractivity contribution in [2.75, 3.05) is 14.1 Å². The summed E-state index contributed by atoms with van der Waals surface area (Å²) < 4.78 is 5.37. The highest BCUT2D eigenvalue weighted by atomic mass is 16.6. The maximum Gasteiger partial charge on any atom is 0.409 e. The number of carbonyl (C=O) groups is 1. The van der Waals surface area contributed by atoms with E-state index in [1.165, 1.54) is 28.9 Å². The molecule has 21 heavy (non-hydrogen) atoms. The molecule has 118 valence electrons. The first kappa shape index (κ1) is 17.5. The van der Waals surface area contributed by atoms with Crippen molar-refractivity contribution in [3.63, 3.8) is 0 Å². The molecule has 0 aliphatic carbocycles. The summed E-state index contributed by atoms with van der Waals surface area (Å²) in [5, 5.41) is 0. The molecule has 0 bridgehead atoms. The Morgan fingerprint density at radius 3 is 2.33 bits per heavy atom. The number of aryl methyl sites for hydroxylation is 1. The summed E-state index contributed by atoms with van der Waals surface area (Å²) in [5.41, 5.74) is 2.71. The second-order valence-electron chi connectivity index (χ2n) is 6.07. The molecule has 2 unspecified atom stereocenters. The monoisotopic (exact) mass is 291 g/mol. The standard InChI is InChI=1S/C18H29NO2/c1-6-7-8-16-9-11-17(12-10-16)14(2)13-15(3)21-18(20)19(4)5/h9-12,14-15H,6-8,13H2,1-5H3. The van der Waals surface area contributed by atoms with Gasteiger partial charge in [0.1, 0.15) is 6.10 Å². The van der Waals surface area contributed by atoms with E-state index in [1.807, 2.05) is 6.92 Å². The molecule has 0 aliphatic rings. The second kappa shape index (κ2) is 8.71. The van der Waals surface area contributed by atoms with Crippen molar-refractivity contribution in [3.05, 3.63) is 35.4 Å². The van der Waals surface area contributed by atoms with Crippen LogP contribution in [0.4, 0.5) is 4.79 Å². The molecule has 0 saturated heterocycles. The third kappa shape index (κ3) is 6.19.